The van der Waals surface area contributed by atoms with Crippen molar-refractivity contribution in [1.82, 2.24) is 4.90 Å². The number of methoxy groups -OCH3 is 1. The van der Waals surface area contributed by atoms with E-state index in [0.29, 0.717) is 23.5 Å². The molecule has 0 heterocycles. The lowest BCUT2D eigenvalue weighted by molar-refractivity contribution is 0.0742. The number of hydrogen-bond acceptors (Lipinski definition) is 3. The molecule has 4 nitrogen and oxygen atoms in total. The smallest absolute Gasteiger partial charge is 0.257 e. The van der Waals surface area contributed by atoms with Crippen molar-refractivity contribution in [3.05, 3.63) is 23.8 Å². The summed E-state index contributed by atoms with van der Waals surface area (Å²) in [6.45, 7) is 6.94. The standard InChI is InChI=1S/C14H22N2O2/c1-14(2,3)9-16(4)13(17)10-7-6-8-11(15)12(10)18-5/h6-8H,9,15H2,1-5H3. The Balaban J connectivity index is 3.01. The van der Waals surface area contributed by atoms with Crippen molar-refractivity contribution in [1.29, 1.82) is 0 Å². The molecular formula is C14H22N2O2. The Labute approximate surface area is 109 Å². The second-order valence-corrected chi connectivity index (χ2v) is 5.65. The third-order valence-corrected chi connectivity index (χ3v) is 2.54. The number of amides is 1. The van der Waals surface area contributed by atoms with Gasteiger partial charge < -0.3 is 15.4 Å². The lowest BCUT2D eigenvalue weighted by Gasteiger charge is -2.27. The molecule has 0 radical (unpaired) electrons. The fraction of sp³-hybridized carbons (Fsp3) is 0.500. The maximum atomic E-state index is 12.3. The number of benzene rings is 1. The summed E-state index contributed by atoms with van der Waals surface area (Å²) < 4.78 is 5.21. The predicted octanol–water partition coefficient (Wildman–Crippen LogP) is 2.40. The van der Waals surface area contributed by atoms with Crippen LogP contribution in [0.4, 0.5) is 5.69 Å². The SMILES string of the molecule is COc1c(N)cccc1C(=O)N(C)CC(C)(C)C. The van der Waals surface area contributed by atoms with Gasteiger partial charge in [0.15, 0.2) is 5.75 Å². The zero-order valence-electron chi connectivity index (χ0n) is 11.8. The van der Waals surface area contributed by atoms with Crippen LogP contribution in [0.3, 0.4) is 0 Å². The van der Waals surface area contributed by atoms with Crippen LogP contribution in [-0.2, 0) is 0 Å². The third-order valence-electron chi connectivity index (χ3n) is 2.54. The van der Waals surface area contributed by atoms with Crippen LogP contribution in [0.25, 0.3) is 0 Å². The van der Waals surface area contributed by atoms with Gasteiger partial charge in [0.05, 0.1) is 18.4 Å². The highest BCUT2D eigenvalue weighted by Gasteiger charge is 2.22. The van der Waals surface area contributed by atoms with Gasteiger partial charge in [0.2, 0.25) is 0 Å². The Morgan fingerprint density at radius 1 is 1.39 bits per heavy atom. The Bertz CT molecular complexity index is 436. The molecule has 0 aliphatic heterocycles. The molecule has 1 aromatic rings. The number of carbonyl (C=O) groups is 1. The third kappa shape index (κ3) is 3.39. The van der Waals surface area contributed by atoms with E-state index in [1.165, 1.54) is 7.11 Å². The van der Waals surface area contributed by atoms with Gasteiger partial charge in [-0.3, -0.25) is 4.79 Å². The Morgan fingerprint density at radius 2 is 2.00 bits per heavy atom. The molecule has 0 aromatic heterocycles. The summed E-state index contributed by atoms with van der Waals surface area (Å²) in [6, 6.07) is 5.21. The number of nitrogen functional groups attached to an aromatic ring is 1. The Hall–Kier alpha value is -1.71. The molecule has 2 N–H and O–H groups in total. The van der Waals surface area contributed by atoms with Crippen LogP contribution in [0.15, 0.2) is 18.2 Å². The van der Waals surface area contributed by atoms with Crippen LogP contribution in [0.1, 0.15) is 31.1 Å². The Kier molecular flexibility index (Phi) is 4.22. The topological polar surface area (TPSA) is 55.6 Å². The zero-order chi connectivity index (χ0) is 13.9. The summed E-state index contributed by atoms with van der Waals surface area (Å²) in [4.78, 5) is 14.0. The van der Waals surface area contributed by atoms with Gasteiger partial charge in [0, 0.05) is 13.6 Å². The van der Waals surface area contributed by atoms with Crippen LogP contribution < -0.4 is 10.5 Å². The summed E-state index contributed by atoms with van der Waals surface area (Å²) in [7, 11) is 3.31. The molecule has 0 saturated heterocycles. The highest BCUT2D eigenvalue weighted by atomic mass is 16.5. The van der Waals surface area contributed by atoms with Crippen LogP contribution in [0.5, 0.6) is 5.75 Å². The summed E-state index contributed by atoms with van der Waals surface area (Å²) in [5.74, 6) is 0.373. The van der Waals surface area contributed by atoms with Gasteiger partial charge >= 0.3 is 0 Å². The van der Waals surface area contributed by atoms with Crippen LogP contribution in [0.2, 0.25) is 0 Å². The van der Waals surface area contributed by atoms with Crippen LogP contribution in [0, 0.1) is 5.41 Å². The van der Waals surface area contributed by atoms with E-state index >= 15 is 0 Å². The van der Waals surface area contributed by atoms with Crippen molar-refractivity contribution < 1.29 is 9.53 Å². The lowest BCUT2D eigenvalue weighted by atomic mass is 9.96. The van der Waals surface area contributed by atoms with Crippen molar-refractivity contribution in [2.24, 2.45) is 5.41 Å². The first-order chi connectivity index (χ1) is 8.26. The first-order valence-electron chi connectivity index (χ1n) is 5.94. The molecule has 0 spiro atoms. The van der Waals surface area contributed by atoms with E-state index in [2.05, 4.69) is 20.8 Å². The first-order valence-corrected chi connectivity index (χ1v) is 5.94. The molecular weight excluding hydrogens is 228 g/mol. The van der Waals surface area contributed by atoms with Gasteiger partial charge in [-0.25, -0.2) is 0 Å². The van der Waals surface area contributed by atoms with E-state index in [1.807, 2.05) is 0 Å². The normalized spacial score (nSPS) is 11.2. The second-order valence-electron chi connectivity index (χ2n) is 5.65. The number of nitrogens with two attached hydrogens (primary N) is 1. The van der Waals surface area contributed by atoms with Crippen molar-refractivity contribution in [3.8, 4) is 5.75 Å². The Morgan fingerprint density at radius 3 is 2.50 bits per heavy atom. The lowest BCUT2D eigenvalue weighted by Crippen LogP contribution is -2.34. The van der Waals surface area contributed by atoms with Crippen LogP contribution in [-0.4, -0.2) is 31.5 Å². The average Bonchev–Trinajstić information content (AvgIpc) is 2.25. The fourth-order valence-corrected chi connectivity index (χ4v) is 1.94. The molecule has 0 aliphatic carbocycles. The monoisotopic (exact) mass is 250 g/mol. The summed E-state index contributed by atoms with van der Waals surface area (Å²) in [6.07, 6.45) is 0. The number of ether oxygens (including phenoxy) is 1. The number of rotatable bonds is 3. The molecule has 1 aromatic carbocycles. The van der Waals surface area contributed by atoms with Crippen molar-refractivity contribution in [2.45, 2.75) is 20.8 Å². The minimum Gasteiger partial charge on any atom is -0.494 e. The predicted molar refractivity (Wildman–Crippen MR) is 73.8 cm³/mol. The second kappa shape index (κ2) is 5.29. The number of anilines is 1. The molecule has 0 aliphatic rings. The minimum absolute atomic E-state index is 0.0535. The average molecular weight is 250 g/mol. The largest absolute Gasteiger partial charge is 0.494 e. The molecule has 0 atom stereocenters. The van der Waals surface area contributed by atoms with E-state index in [4.69, 9.17) is 10.5 Å². The quantitative estimate of drug-likeness (QED) is 0.838. The molecule has 0 saturated carbocycles. The van der Waals surface area contributed by atoms with Crippen molar-refractivity contribution >= 4 is 11.6 Å². The van der Waals surface area contributed by atoms with E-state index < -0.39 is 0 Å². The van der Waals surface area contributed by atoms with Gasteiger partial charge in [-0.2, -0.15) is 0 Å². The highest BCUT2D eigenvalue weighted by molar-refractivity contribution is 5.98. The van der Waals surface area contributed by atoms with E-state index in [0.717, 1.165) is 0 Å². The molecule has 4 heteroatoms. The zero-order valence-corrected chi connectivity index (χ0v) is 11.8. The highest BCUT2D eigenvalue weighted by Crippen LogP contribution is 2.27. The maximum Gasteiger partial charge on any atom is 0.257 e. The first kappa shape index (κ1) is 14.4. The molecule has 0 bridgehead atoms. The van der Waals surface area contributed by atoms with E-state index in [1.54, 1.807) is 30.1 Å². The molecule has 18 heavy (non-hydrogen) atoms. The minimum atomic E-state index is -0.0749. The number of para-hydroxylation sites is 1. The fourth-order valence-electron chi connectivity index (χ4n) is 1.94. The number of nitrogens with zero attached hydrogens (tertiary/aromatic N) is 1. The van der Waals surface area contributed by atoms with Gasteiger partial charge in [-0.05, 0) is 17.5 Å². The van der Waals surface area contributed by atoms with Crippen LogP contribution >= 0.6 is 0 Å². The molecule has 0 unspecified atom stereocenters. The summed E-state index contributed by atoms with van der Waals surface area (Å²) in [5.41, 5.74) is 6.84. The van der Waals surface area contributed by atoms with Gasteiger partial charge in [0.1, 0.15) is 0 Å². The van der Waals surface area contributed by atoms with E-state index in [9.17, 15) is 4.79 Å². The molecule has 1 rings (SSSR count). The number of carbonyl (C=O) groups excluding carboxylic acids is 1. The van der Waals surface area contributed by atoms with Gasteiger partial charge in [-0.1, -0.05) is 26.8 Å². The van der Waals surface area contributed by atoms with Crippen molar-refractivity contribution in [3.63, 3.8) is 0 Å². The summed E-state index contributed by atoms with van der Waals surface area (Å²) >= 11 is 0. The number of hydrogen-bond donors (Lipinski definition) is 1. The maximum absolute atomic E-state index is 12.3. The molecule has 0 fully saturated rings. The van der Waals surface area contributed by atoms with Crippen molar-refractivity contribution in [2.75, 3.05) is 26.4 Å². The van der Waals surface area contributed by atoms with Gasteiger partial charge in [-0.15, -0.1) is 0 Å². The molecule has 100 valence electrons. The van der Waals surface area contributed by atoms with E-state index in [-0.39, 0.29) is 11.3 Å². The summed E-state index contributed by atoms with van der Waals surface area (Å²) in [5, 5.41) is 0. The van der Waals surface area contributed by atoms with Gasteiger partial charge in [0.25, 0.3) is 5.91 Å². The molecule has 1 amide bonds.